The lowest BCUT2D eigenvalue weighted by Crippen LogP contribution is -2.38. The Labute approximate surface area is 166 Å². The zero-order valence-electron chi connectivity index (χ0n) is 15.4. The van der Waals surface area contributed by atoms with Gasteiger partial charge in [0.05, 0.1) is 0 Å². The lowest BCUT2D eigenvalue weighted by atomic mass is 10.1. The number of halogens is 2. The highest BCUT2D eigenvalue weighted by Gasteiger charge is 2.16. The molecule has 6 heteroatoms. The number of hydrogen-bond acceptors (Lipinski definition) is 2. The second kappa shape index (κ2) is 10.8. The van der Waals surface area contributed by atoms with Crippen LogP contribution in [0.1, 0.15) is 57.4 Å². The van der Waals surface area contributed by atoms with Crippen molar-refractivity contribution in [3.8, 4) is 0 Å². The summed E-state index contributed by atoms with van der Waals surface area (Å²) in [5.74, 6) is 0.00466. The van der Waals surface area contributed by atoms with Crippen LogP contribution in [0.3, 0.4) is 0 Å². The van der Waals surface area contributed by atoms with E-state index >= 15 is 0 Å². The van der Waals surface area contributed by atoms with Gasteiger partial charge in [-0.15, -0.1) is 0 Å². The van der Waals surface area contributed by atoms with Crippen LogP contribution in [-0.2, 0) is 16.0 Å². The number of carbonyl (C=O) groups excluding carboxylic acids is 2. The smallest absolute Gasteiger partial charge is 0.221 e. The summed E-state index contributed by atoms with van der Waals surface area (Å²) in [6, 6.07) is 5.67. The third kappa shape index (κ3) is 7.16. The number of benzene rings is 1. The van der Waals surface area contributed by atoms with E-state index in [9.17, 15) is 9.59 Å². The molecule has 0 bridgehead atoms. The van der Waals surface area contributed by atoms with E-state index in [1.807, 2.05) is 6.07 Å². The van der Waals surface area contributed by atoms with Crippen LogP contribution in [0.2, 0.25) is 10.0 Å². The van der Waals surface area contributed by atoms with Crippen molar-refractivity contribution in [2.75, 3.05) is 13.1 Å². The van der Waals surface area contributed by atoms with Gasteiger partial charge in [-0.3, -0.25) is 9.59 Å². The fourth-order valence-electron chi connectivity index (χ4n) is 3.37. The molecule has 2 rings (SSSR count). The van der Waals surface area contributed by atoms with Crippen molar-refractivity contribution >= 4 is 35.0 Å². The average Bonchev–Trinajstić information content (AvgIpc) is 2.84. The number of nitrogens with one attached hydrogen (secondary N) is 1. The van der Waals surface area contributed by atoms with Crippen LogP contribution >= 0.6 is 23.2 Å². The second-order valence-corrected chi connectivity index (χ2v) is 7.84. The molecule has 1 fully saturated rings. The maximum Gasteiger partial charge on any atom is 0.221 e. The first-order chi connectivity index (χ1) is 12.5. The minimum absolute atomic E-state index is 0.0302. The average molecular weight is 399 g/mol. The molecule has 0 heterocycles. The van der Waals surface area contributed by atoms with Crippen LogP contribution in [0.4, 0.5) is 0 Å². The van der Waals surface area contributed by atoms with Gasteiger partial charge in [0.1, 0.15) is 0 Å². The molecule has 1 N–H and O–H groups in total. The maximum absolute atomic E-state index is 12.2. The largest absolute Gasteiger partial charge is 0.353 e. The van der Waals surface area contributed by atoms with Gasteiger partial charge in [0, 0.05) is 42.5 Å². The number of carbonyl (C=O) groups is 2. The van der Waals surface area contributed by atoms with Gasteiger partial charge in [-0.2, -0.15) is 0 Å². The first-order valence-corrected chi connectivity index (χ1v) is 10.2. The molecule has 26 heavy (non-hydrogen) atoms. The van der Waals surface area contributed by atoms with E-state index in [1.165, 1.54) is 32.6 Å². The molecule has 0 saturated heterocycles. The van der Waals surface area contributed by atoms with Gasteiger partial charge in [-0.25, -0.2) is 0 Å². The molecule has 2 amide bonds. The summed E-state index contributed by atoms with van der Waals surface area (Å²) in [5, 5.41) is 4.33. The second-order valence-electron chi connectivity index (χ2n) is 7.00. The van der Waals surface area contributed by atoms with Gasteiger partial charge in [-0.1, -0.05) is 55.0 Å². The van der Waals surface area contributed by atoms with Gasteiger partial charge >= 0.3 is 0 Å². The highest BCUT2D eigenvalue weighted by atomic mass is 35.5. The Bertz CT molecular complexity index is 614. The number of nitrogens with zero attached hydrogens (tertiary/aromatic N) is 1. The van der Waals surface area contributed by atoms with Crippen LogP contribution in [-0.4, -0.2) is 35.8 Å². The van der Waals surface area contributed by atoms with Gasteiger partial charge in [-0.05, 0) is 37.0 Å². The molecular formula is C20H28Cl2N2O2. The third-order valence-corrected chi connectivity index (χ3v) is 5.53. The van der Waals surface area contributed by atoms with E-state index in [-0.39, 0.29) is 11.8 Å². The summed E-state index contributed by atoms with van der Waals surface area (Å²) >= 11 is 12.1. The molecule has 1 aliphatic carbocycles. The van der Waals surface area contributed by atoms with Gasteiger partial charge in [0.15, 0.2) is 0 Å². The van der Waals surface area contributed by atoms with Crippen molar-refractivity contribution in [2.45, 2.75) is 64.3 Å². The number of hydrogen-bond donors (Lipinski definition) is 1. The quantitative estimate of drug-likeness (QED) is 0.681. The lowest BCUT2D eigenvalue weighted by molar-refractivity contribution is -0.129. The summed E-state index contributed by atoms with van der Waals surface area (Å²) in [7, 11) is 0. The predicted molar refractivity (Wildman–Crippen MR) is 107 cm³/mol. The third-order valence-electron chi connectivity index (χ3n) is 4.94. The maximum atomic E-state index is 12.2. The minimum atomic E-state index is -0.0302. The Morgan fingerprint density at radius 2 is 1.81 bits per heavy atom. The van der Waals surface area contributed by atoms with Crippen LogP contribution in [0.5, 0.6) is 0 Å². The van der Waals surface area contributed by atoms with Crippen molar-refractivity contribution in [2.24, 2.45) is 0 Å². The first-order valence-electron chi connectivity index (χ1n) is 9.44. The molecule has 4 nitrogen and oxygen atoms in total. The zero-order chi connectivity index (χ0) is 18.9. The Hall–Kier alpha value is -1.26. The SMILES string of the molecule is CC(=O)N(CCC(=O)NC1CCCCCC1)CCc1ccc(Cl)cc1Cl. The van der Waals surface area contributed by atoms with E-state index in [0.29, 0.717) is 42.0 Å². The fourth-order valence-corrected chi connectivity index (χ4v) is 3.87. The molecule has 0 unspecified atom stereocenters. The molecular weight excluding hydrogens is 371 g/mol. The molecule has 1 saturated carbocycles. The van der Waals surface area contributed by atoms with Crippen molar-refractivity contribution in [1.29, 1.82) is 0 Å². The lowest BCUT2D eigenvalue weighted by Gasteiger charge is -2.22. The summed E-state index contributed by atoms with van der Waals surface area (Å²) in [4.78, 5) is 25.8. The standard InChI is InChI=1S/C20H28Cl2N2O2/c1-15(25)24(12-10-16-8-9-17(21)14-19(16)22)13-11-20(26)23-18-6-4-2-3-5-7-18/h8-9,14,18H,2-7,10-13H2,1H3,(H,23,26). The normalized spacial score (nSPS) is 15.3. The topological polar surface area (TPSA) is 49.4 Å². The van der Waals surface area contributed by atoms with E-state index in [1.54, 1.807) is 17.0 Å². The van der Waals surface area contributed by atoms with Crippen molar-refractivity contribution < 1.29 is 9.59 Å². The van der Waals surface area contributed by atoms with Crippen LogP contribution in [0.15, 0.2) is 18.2 Å². The molecule has 1 aromatic rings. The summed E-state index contributed by atoms with van der Waals surface area (Å²) in [6.07, 6.45) is 8.01. The summed E-state index contributed by atoms with van der Waals surface area (Å²) in [5.41, 5.74) is 0.949. The van der Waals surface area contributed by atoms with Gasteiger partial charge < -0.3 is 10.2 Å². The highest BCUT2D eigenvalue weighted by molar-refractivity contribution is 6.35. The van der Waals surface area contributed by atoms with Crippen LogP contribution in [0, 0.1) is 0 Å². The Balaban J connectivity index is 1.79. The van der Waals surface area contributed by atoms with E-state index < -0.39 is 0 Å². The van der Waals surface area contributed by atoms with E-state index in [4.69, 9.17) is 23.2 Å². The Kier molecular flexibility index (Phi) is 8.73. The highest BCUT2D eigenvalue weighted by Crippen LogP contribution is 2.21. The molecule has 0 spiro atoms. The molecule has 1 aliphatic rings. The van der Waals surface area contributed by atoms with Crippen molar-refractivity contribution in [3.63, 3.8) is 0 Å². The zero-order valence-corrected chi connectivity index (χ0v) is 16.9. The van der Waals surface area contributed by atoms with Crippen LogP contribution < -0.4 is 5.32 Å². The number of rotatable bonds is 7. The van der Waals surface area contributed by atoms with E-state index in [0.717, 1.165) is 18.4 Å². The predicted octanol–water partition coefficient (Wildman–Crippen LogP) is 4.61. The molecule has 0 aromatic heterocycles. The molecule has 1 aromatic carbocycles. The fraction of sp³-hybridized carbons (Fsp3) is 0.600. The van der Waals surface area contributed by atoms with Crippen molar-refractivity contribution in [3.05, 3.63) is 33.8 Å². The molecule has 0 radical (unpaired) electrons. The Morgan fingerprint density at radius 3 is 2.42 bits per heavy atom. The molecule has 144 valence electrons. The van der Waals surface area contributed by atoms with Gasteiger partial charge in [0.2, 0.25) is 11.8 Å². The first kappa shape index (κ1) is 21.0. The summed E-state index contributed by atoms with van der Waals surface area (Å²) < 4.78 is 0. The Morgan fingerprint density at radius 1 is 1.12 bits per heavy atom. The van der Waals surface area contributed by atoms with Gasteiger partial charge in [0.25, 0.3) is 0 Å². The monoisotopic (exact) mass is 398 g/mol. The molecule has 0 atom stereocenters. The van der Waals surface area contributed by atoms with Crippen LogP contribution in [0.25, 0.3) is 0 Å². The van der Waals surface area contributed by atoms with Crippen molar-refractivity contribution in [1.82, 2.24) is 10.2 Å². The number of amides is 2. The van der Waals surface area contributed by atoms with E-state index in [2.05, 4.69) is 5.32 Å². The summed E-state index contributed by atoms with van der Waals surface area (Å²) in [6.45, 7) is 2.50. The molecule has 0 aliphatic heterocycles. The minimum Gasteiger partial charge on any atom is -0.353 e.